The van der Waals surface area contributed by atoms with Crippen LogP contribution in [0.5, 0.6) is 0 Å². The van der Waals surface area contributed by atoms with Crippen LogP contribution < -0.4 is 5.84 Å². The van der Waals surface area contributed by atoms with Gasteiger partial charge in [-0.3, -0.25) is 14.5 Å². The van der Waals surface area contributed by atoms with E-state index in [0.29, 0.717) is 5.69 Å². The van der Waals surface area contributed by atoms with Crippen molar-refractivity contribution in [3.8, 4) is 11.3 Å². The largest absolute Gasteiger partial charge is 0.305 e. The van der Waals surface area contributed by atoms with Crippen molar-refractivity contribution in [2.45, 2.75) is 4.90 Å². The number of hydrogen-bond acceptors (Lipinski definition) is 8. The van der Waals surface area contributed by atoms with Crippen molar-refractivity contribution in [1.29, 1.82) is 0 Å². The van der Waals surface area contributed by atoms with Gasteiger partial charge in [-0.1, -0.05) is 35.6 Å². The van der Waals surface area contributed by atoms with E-state index in [-0.39, 0.29) is 27.2 Å². The lowest BCUT2D eigenvalue weighted by atomic mass is 10.1. The highest BCUT2D eigenvalue weighted by Gasteiger charge is 2.20. The maximum atomic E-state index is 11.9. The predicted octanol–water partition coefficient (Wildman–Crippen LogP) is 4.92. The van der Waals surface area contributed by atoms with Crippen molar-refractivity contribution in [3.63, 3.8) is 0 Å². The van der Waals surface area contributed by atoms with E-state index in [1.54, 1.807) is 12.1 Å². The van der Waals surface area contributed by atoms with Crippen molar-refractivity contribution in [3.05, 3.63) is 73.1 Å². The summed E-state index contributed by atoms with van der Waals surface area (Å²) in [7, 11) is -4.56. The molecule has 0 aliphatic carbocycles. The summed E-state index contributed by atoms with van der Waals surface area (Å²) >= 11 is 0. The quantitative estimate of drug-likeness (QED) is 0.197. The van der Waals surface area contributed by atoms with Crippen LogP contribution in [0.1, 0.15) is 0 Å². The Kier molecular flexibility index (Phi) is 5.43. The summed E-state index contributed by atoms with van der Waals surface area (Å²) < 4.78 is 33.4. The molecule has 4 aromatic rings. The van der Waals surface area contributed by atoms with Crippen LogP contribution in [0, 0.1) is 0 Å². The molecule has 3 N–H and O–H groups in total. The molecule has 10 nitrogen and oxygen atoms in total. The van der Waals surface area contributed by atoms with Crippen molar-refractivity contribution in [2.75, 3.05) is 0 Å². The minimum atomic E-state index is -4.56. The van der Waals surface area contributed by atoms with Crippen LogP contribution in [0.3, 0.4) is 0 Å². The first-order valence-corrected chi connectivity index (χ1v) is 10.3. The molecule has 2 aromatic heterocycles. The van der Waals surface area contributed by atoms with E-state index in [1.807, 2.05) is 30.3 Å². The fourth-order valence-electron chi connectivity index (χ4n) is 2.97. The number of azo groups is 1. The highest BCUT2D eigenvalue weighted by Crippen LogP contribution is 2.39. The summed E-state index contributed by atoms with van der Waals surface area (Å²) in [5, 5.41) is 15.4. The van der Waals surface area contributed by atoms with E-state index in [4.69, 9.17) is 5.84 Å². The normalized spacial score (nSPS) is 12.2. The van der Waals surface area contributed by atoms with Crippen LogP contribution in [0.15, 0.2) is 98.5 Å². The van der Waals surface area contributed by atoms with Crippen LogP contribution in [-0.4, -0.2) is 22.9 Å². The summed E-state index contributed by atoms with van der Waals surface area (Å²) in [5.41, 5.74) is 2.42. The molecular weight excluding hydrogens is 418 g/mol. The van der Waals surface area contributed by atoms with Crippen LogP contribution >= 0.6 is 0 Å². The van der Waals surface area contributed by atoms with Gasteiger partial charge >= 0.3 is 0 Å². The van der Waals surface area contributed by atoms with E-state index in [9.17, 15) is 13.0 Å². The second-order valence-corrected chi connectivity index (χ2v) is 7.69. The number of benzene rings is 2. The Hall–Kier alpha value is -4.09. The molecular formula is C20H15N7O3S. The Labute approximate surface area is 176 Å². The minimum Gasteiger partial charge on any atom is -0.305 e. The predicted molar refractivity (Wildman–Crippen MR) is 114 cm³/mol. The number of fused-ring (bicyclic) bond motifs is 1. The van der Waals surface area contributed by atoms with Gasteiger partial charge in [-0.2, -0.15) is 8.42 Å². The summed E-state index contributed by atoms with van der Waals surface area (Å²) in [6.07, 6.45) is 2.97. The van der Waals surface area contributed by atoms with Gasteiger partial charge in [0, 0.05) is 17.1 Å². The molecule has 4 rings (SSSR count). The highest BCUT2D eigenvalue weighted by atomic mass is 32.2. The zero-order valence-corrected chi connectivity index (χ0v) is 16.7. The molecule has 2 aromatic carbocycles. The Morgan fingerprint density at radius 3 is 2.39 bits per heavy atom. The maximum absolute atomic E-state index is 11.9. The average molecular weight is 433 g/mol. The van der Waals surface area contributed by atoms with Crippen molar-refractivity contribution < 1.29 is 13.0 Å². The first-order valence-electron chi connectivity index (χ1n) is 8.91. The van der Waals surface area contributed by atoms with Gasteiger partial charge in [0.05, 0.1) is 11.9 Å². The molecule has 154 valence electrons. The summed E-state index contributed by atoms with van der Waals surface area (Å²) in [5.74, 6) is 5.20. The number of pyridine rings is 2. The van der Waals surface area contributed by atoms with Crippen molar-refractivity contribution >= 4 is 38.1 Å². The number of nitrogens with two attached hydrogens (primary N) is 1. The summed E-state index contributed by atoms with van der Waals surface area (Å²) in [4.78, 5) is 8.12. The molecule has 0 radical (unpaired) electrons. The van der Waals surface area contributed by atoms with E-state index in [0.717, 1.165) is 17.3 Å². The number of hydrogen-bond donors (Lipinski definition) is 2. The monoisotopic (exact) mass is 433 g/mol. The van der Waals surface area contributed by atoms with Gasteiger partial charge in [0.1, 0.15) is 27.5 Å². The van der Waals surface area contributed by atoms with Crippen LogP contribution in [-0.2, 0) is 10.1 Å². The van der Waals surface area contributed by atoms with Gasteiger partial charge in [-0.05, 0) is 30.3 Å². The third kappa shape index (κ3) is 4.27. The number of nitrogens with zero attached hydrogens (tertiary/aromatic N) is 6. The van der Waals surface area contributed by atoms with E-state index in [1.165, 1.54) is 24.5 Å². The molecule has 0 aliphatic heterocycles. The minimum absolute atomic E-state index is 0.0140. The molecule has 0 aliphatic rings. The van der Waals surface area contributed by atoms with Gasteiger partial charge in [-0.25, -0.2) is 0 Å². The number of aromatic nitrogens is 2. The topological polar surface area (TPSA) is 156 Å². The number of rotatable bonds is 5. The van der Waals surface area contributed by atoms with Crippen LogP contribution in [0.4, 0.5) is 17.1 Å². The molecule has 0 unspecified atom stereocenters. The Morgan fingerprint density at radius 1 is 0.903 bits per heavy atom. The molecule has 0 atom stereocenters. The Morgan fingerprint density at radius 2 is 1.71 bits per heavy atom. The zero-order valence-electron chi connectivity index (χ0n) is 15.9. The molecule has 0 spiro atoms. The molecule has 0 amide bonds. The Bertz CT molecular complexity index is 1400. The van der Waals surface area contributed by atoms with Crippen molar-refractivity contribution in [2.24, 2.45) is 26.4 Å². The second-order valence-electron chi connectivity index (χ2n) is 6.30. The zero-order chi connectivity index (χ0) is 21.8. The van der Waals surface area contributed by atoms with E-state index in [2.05, 4.69) is 30.5 Å². The van der Waals surface area contributed by atoms with Crippen LogP contribution in [0.2, 0.25) is 0 Å². The molecule has 0 bridgehead atoms. The molecule has 11 heteroatoms. The molecule has 31 heavy (non-hydrogen) atoms. The smallest absolute Gasteiger partial charge is 0.295 e. The summed E-state index contributed by atoms with van der Waals surface area (Å²) in [6, 6.07) is 17.3. The van der Waals surface area contributed by atoms with Gasteiger partial charge in [-0.15, -0.1) is 15.3 Å². The molecule has 0 fully saturated rings. The van der Waals surface area contributed by atoms with Crippen LogP contribution in [0.25, 0.3) is 22.2 Å². The SMILES string of the molecule is NN=Nc1c(/N=N/c2ccc(-c3ccccc3)nc2)cc(S(=O)(=O)O)c2cccnc12. The first-order chi connectivity index (χ1) is 15.0. The fourth-order valence-corrected chi connectivity index (χ4v) is 3.67. The summed E-state index contributed by atoms with van der Waals surface area (Å²) in [6.45, 7) is 0. The standard InChI is InChI=1S/C20H15N7O3S/c21-27-26-20-17(11-18(31(28,29)30)15-7-4-10-22-19(15)20)25-24-14-8-9-16(23-12-14)13-5-2-1-3-6-13/h1-12H,(H2,21,26)(H,28,29,30)/b25-24+. The highest BCUT2D eigenvalue weighted by molar-refractivity contribution is 7.86. The lowest BCUT2D eigenvalue weighted by Gasteiger charge is -2.08. The second kappa shape index (κ2) is 8.34. The Balaban J connectivity index is 1.79. The fraction of sp³-hybridized carbons (Fsp3) is 0. The third-order valence-corrected chi connectivity index (χ3v) is 5.23. The van der Waals surface area contributed by atoms with Crippen molar-refractivity contribution in [1.82, 2.24) is 9.97 Å². The van der Waals surface area contributed by atoms with Gasteiger partial charge in [0.25, 0.3) is 10.1 Å². The maximum Gasteiger partial charge on any atom is 0.295 e. The van der Waals surface area contributed by atoms with E-state index >= 15 is 0 Å². The first kappa shape index (κ1) is 20.2. The average Bonchev–Trinajstić information content (AvgIpc) is 2.78. The molecule has 0 saturated carbocycles. The van der Waals surface area contributed by atoms with Gasteiger partial charge in [0.2, 0.25) is 0 Å². The molecule has 2 heterocycles. The lowest BCUT2D eigenvalue weighted by Crippen LogP contribution is -2.00. The lowest BCUT2D eigenvalue weighted by molar-refractivity contribution is 0.484. The van der Waals surface area contributed by atoms with Gasteiger partial charge in [0.15, 0.2) is 0 Å². The molecule has 0 saturated heterocycles. The van der Waals surface area contributed by atoms with Gasteiger partial charge < -0.3 is 5.84 Å². The third-order valence-electron chi connectivity index (χ3n) is 4.33. The van der Waals surface area contributed by atoms with E-state index < -0.39 is 10.1 Å².